The Morgan fingerprint density at radius 2 is 2.38 bits per heavy atom. The van der Waals surface area contributed by atoms with Gasteiger partial charge in [-0.1, -0.05) is 5.16 Å². The van der Waals surface area contributed by atoms with E-state index in [-0.39, 0.29) is 0 Å². The third-order valence-corrected chi connectivity index (χ3v) is 2.21. The lowest BCUT2D eigenvalue weighted by Gasteiger charge is -2.29. The lowest BCUT2D eigenvalue weighted by molar-refractivity contribution is 0.153. The predicted molar refractivity (Wildman–Crippen MR) is 54.0 cm³/mol. The van der Waals surface area contributed by atoms with Gasteiger partial charge in [-0.15, -0.1) is 0 Å². The molecule has 1 fully saturated rings. The summed E-state index contributed by atoms with van der Waals surface area (Å²) in [6, 6.07) is 0.389. The van der Waals surface area contributed by atoms with Crippen LogP contribution in [0.15, 0.2) is 5.16 Å². The van der Waals surface area contributed by atoms with Crippen molar-refractivity contribution in [1.82, 2.24) is 10.2 Å². The molecule has 0 aromatic heterocycles. The SMILES string of the molecule is CCO/N=C1/CCNCC1N(C)C. The molecule has 0 amide bonds. The van der Waals surface area contributed by atoms with E-state index in [2.05, 4.69) is 29.5 Å². The van der Waals surface area contributed by atoms with E-state index in [4.69, 9.17) is 4.84 Å². The average molecular weight is 185 g/mol. The number of piperidine rings is 1. The molecule has 1 aliphatic rings. The average Bonchev–Trinajstić information content (AvgIpc) is 2.15. The lowest BCUT2D eigenvalue weighted by Crippen LogP contribution is -2.49. The molecular formula is C9H19N3O. The number of hydrogen-bond acceptors (Lipinski definition) is 4. The van der Waals surface area contributed by atoms with Crippen molar-refractivity contribution >= 4 is 5.71 Å². The minimum absolute atomic E-state index is 0.389. The molecule has 4 nitrogen and oxygen atoms in total. The minimum Gasteiger partial charge on any atom is -0.396 e. The summed E-state index contributed by atoms with van der Waals surface area (Å²) in [5.41, 5.74) is 1.16. The highest BCUT2D eigenvalue weighted by Gasteiger charge is 2.22. The van der Waals surface area contributed by atoms with Gasteiger partial charge in [0.1, 0.15) is 6.61 Å². The first kappa shape index (κ1) is 10.5. The molecule has 0 spiro atoms. The predicted octanol–water partition coefficient (Wildman–Crippen LogP) is 0.302. The summed E-state index contributed by atoms with van der Waals surface area (Å²) in [6.45, 7) is 4.59. The standard InChI is InChI=1S/C9H19N3O/c1-4-13-11-8-5-6-10-7-9(8)12(2)3/h9-10H,4-7H2,1-3H3/b11-8-. The molecule has 0 radical (unpaired) electrons. The van der Waals surface area contributed by atoms with Gasteiger partial charge in [0.05, 0.1) is 11.8 Å². The molecule has 0 aromatic rings. The molecule has 1 unspecified atom stereocenters. The molecule has 1 heterocycles. The Labute approximate surface area is 79.9 Å². The molecule has 13 heavy (non-hydrogen) atoms. The summed E-state index contributed by atoms with van der Waals surface area (Å²) in [6.07, 6.45) is 0.989. The molecule has 1 saturated heterocycles. The Morgan fingerprint density at radius 1 is 1.62 bits per heavy atom. The van der Waals surface area contributed by atoms with Crippen molar-refractivity contribution in [3.05, 3.63) is 0 Å². The van der Waals surface area contributed by atoms with Gasteiger partial charge >= 0.3 is 0 Å². The van der Waals surface area contributed by atoms with E-state index < -0.39 is 0 Å². The molecule has 1 N–H and O–H groups in total. The highest BCUT2D eigenvalue weighted by molar-refractivity contribution is 5.90. The second-order valence-electron chi connectivity index (χ2n) is 3.43. The van der Waals surface area contributed by atoms with Crippen LogP contribution >= 0.6 is 0 Å². The Bertz CT molecular complexity index is 180. The van der Waals surface area contributed by atoms with Crippen molar-refractivity contribution in [2.75, 3.05) is 33.8 Å². The number of hydrogen-bond donors (Lipinski definition) is 1. The van der Waals surface area contributed by atoms with Crippen LogP contribution in [0, 0.1) is 0 Å². The van der Waals surface area contributed by atoms with Gasteiger partial charge in [-0.3, -0.25) is 0 Å². The van der Waals surface area contributed by atoms with E-state index in [0.717, 1.165) is 25.2 Å². The second-order valence-corrected chi connectivity index (χ2v) is 3.43. The second kappa shape index (κ2) is 5.19. The Balaban J connectivity index is 2.56. The van der Waals surface area contributed by atoms with Crippen LogP contribution < -0.4 is 5.32 Å². The van der Waals surface area contributed by atoms with Crippen LogP contribution in [0.2, 0.25) is 0 Å². The third-order valence-electron chi connectivity index (χ3n) is 2.21. The van der Waals surface area contributed by atoms with Gasteiger partial charge in [0.15, 0.2) is 0 Å². The van der Waals surface area contributed by atoms with Crippen LogP contribution in [0.3, 0.4) is 0 Å². The van der Waals surface area contributed by atoms with Gasteiger partial charge < -0.3 is 15.1 Å². The van der Waals surface area contributed by atoms with Gasteiger partial charge in [0.2, 0.25) is 0 Å². The number of oxime groups is 1. The number of rotatable bonds is 3. The Kier molecular flexibility index (Phi) is 4.18. The quantitative estimate of drug-likeness (QED) is 0.643. The lowest BCUT2D eigenvalue weighted by atomic mass is 10.0. The summed E-state index contributed by atoms with van der Waals surface area (Å²) in [7, 11) is 4.14. The molecular weight excluding hydrogens is 166 g/mol. The third kappa shape index (κ3) is 2.97. The van der Waals surface area contributed by atoms with Crippen molar-refractivity contribution in [3.8, 4) is 0 Å². The molecule has 1 aliphatic heterocycles. The van der Waals surface area contributed by atoms with Crippen LogP contribution in [-0.2, 0) is 4.84 Å². The van der Waals surface area contributed by atoms with Crippen molar-refractivity contribution < 1.29 is 4.84 Å². The fourth-order valence-corrected chi connectivity index (χ4v) is 1.47. The van der Waals surface area contributed by atoms with Crippen LogP contribution in [0.4, 0.5) is 0 Å². The molecule has 0 aromatic carbocycles. The molecule has 76 valence electrons. The van der Waals surface area contributed by atoms with Crippen molar-refractivity contribution in [2.24, 2.45) is 5.16 Å². The summed E-state index contributed by atoms with van der Waals surface area (Å²) in [4.78, 5) is 7.26. The minimum atomic E-state index is 0.389. The maximum Gasteiger partial charge on any atom is 0.114 e. The molecule has 4 heteroatoms. The van der Waals surface area contributed by atoms with E-state index in [1.807, 2.05) is 6.92 Å². The van der Waals surface area contributed by atoms with Gasteiger partial charge in [0.25, 0.3) is 0 Å². The maximum atomic E-state index is 5.09. The highest BCUT2D eigenvalue weighted by atomic mass is 16.6. The molecule has 1 rings (SSSR count). The van der Waals surface area contributed by atoms with E-state index in [1.54, 1.807) is 0 Å². The van der Waals surface area contributed by atoms with Crippen molar-refractivity contribution in [3.63, 3.8) is 0 Å². The normalized spacial score (nSPS) is 26.8. The highest BCUT2D eigenvalue weighted by Crippen LogP contribution is 2.05. The fraction of sp³-hybridized carbons (Fsp3) is 0.889. The van der Waals surface area contributed by atoms with Gasteiger partial charge in [-0.05, 0) is 21.0 Å². The van der Waals surface area contributed by atoms with E-state index in [0.29, 0.717) is 12.6 Å². The maximum absolute atomic E-state index is 5.09. The Morgan fingerprint density at radius 3 is 3.00 bits per heavy atom. The zero-order valence-corrected chi connectivity index (χ0v) is 8.71. The van der Waals surface area contributed by atoms with Crippen LogP contribution in [0.1, 0.15) is 13.3 Å². The van der Waals surface area contributed by atoms with Gasteiger partial charge in [0, 0.05) is 19.5 Å². The van der Waals surface area contributed by atoms with Gasteiger partial charge in [-0.25, -0.2) is 0 Å². The zero-order chi connectivity index (χ0) is 9.68. The first-order valence-electron chi connectivity index (χ1n) is 4.81. The Hall–Kier alpha value is -0.610. The molecule has 0 aliphatic carbocycles. The number of likely N-dealkylation sites (N-methyl/N-ethyl adjacent to an activating group) is 1. The number of nitrogens with zero attached hydrogens (tertiary/aromatic N) is 2. The topological polar surface area (TPSA) is 36.9 Å². The van der Waals surface area contributed by atoms with Crippen LogP contribution in [0.25, 0.3) is 0 Å². The zero-order valence-electron chi connectivity index (χ0n) is 8.71. The molecule has 1 atom stereocenters. The monoisotopic (exact) mass is 185 g/mol. The van der Waals surface area contributed by atoms with Gasteiger partial charge in [-0.2, -0.15) is 0 Å². The van der Waals surface area contributed by atoms with Crippen LogP contribution in [-0.4, -0.2) is 50.4 Å². The number of nitrogens with one attached hydrogen (secondary N) is 1. The van der Waals surface area contributed by atoms with E-state index >= 15 is 0 Å². The van der Waals surface area contributed by atoms with Crippen molar-refractivity contribution in [2.45, 2.75) is 19.4 Å². The summed E-state index contributed by atoms with van der Waals surface area (Å²) in [5.74, 6) is 0. The smallest absolute Gasteiger partial charge is 0.114 e. The molecule has 0 saturated carbocycles. The van der Waals surface area contributed by atoms with Crippen molar-refractivity contribution in [1.29, 1.82) is 0 Å². The first-order chi connectivity index (χ1) is 6.25. The van der Waals surface area contributed by atoms with Crippen LogP contribution in [0.5, 0.6) is 0 Å². The van der Waals surface area contributed by atoms with E-state index in [1.165, 1.54) is 0 Å². The fourth-order valence-electron chi connectivity index (χ4n) is 1.47. The summed E-state index contributed by atoms with van der Waals surface area (Å²) in [5, 5.41) is 7.48. The largest absolute Gasteiger partial charge is 0.396 e. The van der Waals surface area contributed by atoms with E-state index in [9.17, 15) is 0 Å². The molecule has 0 bridgehead atoms. The summed E-state index contributed by atoms with van der Waals surface area (Å²) < 4.78 is 0. The first-order valence-corrected chi connectivity index (χ1v) is 4.81. The summed E-state index contributed by atoms with van der Waals surface area (Å²) >= 11 is 0.